The van der Waals surface area contributed by atoms with Gasteiger partial charge in [0, 0.05) is 11.3 Å². The molecule has 0 saturated carbocycles. The van der Waals surface area contributed by atoms with Gasteiger partial charge in [-0.15, -0.1) is 0 Å². The number of nitrogens with zero attached hydrogens (tertiary/aromatic N) is 1. The molecule has 4 heteroatoms. The van der Waals surface area contributed by atoms with Crippen LogP contribution in [0.15, 0.2) is 12.3 Å². The highest BCUT2D eigenvalue weighted by Gasteiger charge is 2.51. The normalized spacial score (nSPS) is 24.6. The second-order valence-corrected chi connectivity index (χ2v) is 3.58. The molecule has 2 rings (SSSR count). The van der Waals surface area contributed by atoms with Crippen molar-refractivity contribution >= 4 is 5.91 Å². The number of aryl methyl sites for hydroxylation is 1. The summed E-state index contributed by atoms with van der Waals surface area (Å²) in [6.07, 6.45) is 1.87. The van der Waals surface area contributed by atoms with E-state index in [4.69, 9.17) is 0 Å². The molecule has 0 spiro atoms. The molecule has 0 bridgehead atoms. The van der Waals surface area contributed by atoms with Gasteiger partial charge < -0.3 is 5.32 Å². The predicted octanol–water partition coefficient (Wildman–Crippen LogP) is 1.13. The number of pyridine rings is 1. The van der Waals surface area contributed by atoms with Crippen molar-refractivity contribution < 1.29 is 9.18 Å². The molecule has 1 aliphatic heterocycles. The first-order valence-electron chi connectivity index (χ1n) is 4.55. The second-order valence-electron chi connectivity index (χ2n) is 3.58. The number of rotatable bonds is 2. The fraction of sp³-hybridized carbons (Fsp3) is 0.400. The van der Waals surface area contributed by atoms with Crippen LogP contribution in [0.2, 0.25) is 0 Å². The lowest BCUT2D eigenvalue weighted by Crippen LogP contribution is -2.13. The average molecular weight is 194 g/mol. The van der Waals surface area contributed by atoms with Crippen molar-refractivity contribution in [2.75, 3.05) is 0 Å². The third-order valence-corrected chi connectivity index (χ3v) is 2.57. The summed E-state index contributed by atoms with van der Waals surface area (Å²) in [5.74, 6) is -0.473. The van der Waals surface area contributed by atoms with Gasteiger partial charge >= 0.3 is 0 Å². The molecule has 1 atom stereocenters. The average Bonchev–Trinajstić information content (AvgIpc) is 2.76. The summed E-state index contributed by atoms with van der Waals surface area (Å²) < 4.78 is 13.0. The first kappa shape index (κ1) is 9.12. The van der Waals surface area contributed by atoms with Crippen LogP contribution in [0.5, 0.6) is 0 Å². The van der Waals surface area contributed by atoms with Crippen molar-refractivity contribution in [1.29, 1.82) is 0 Å². The van der Waals surface area contributed by atoms with Gasteiger partial charge in [0.05, 0.1) is 6.20 Å². The smallest absolute Gasteiger partial charge is 0.251 e. The fourth-order valence-corrected chi connectivity index (χ4v) is 1.57. The zero-order chi connectivity index (χ0) is 10.3. The molecule has 0 aliphatic carbocycles. The minimum atomic E-state index is -0.708. The Balaban J connectivity index is 2.51. The summed E-state index contributed by atoms with van der Waals surface area (Å²) >= 11 is 0. The summed E-state index contributed by atoms with van der Waals surface area (Å²) in [6.45, 7) is 3.67. The van der Waals surface area contributed by atoms with Gasteiger partial charge in [-0.2, -0.15) is 0 Å². The Morgan fingerprint density at radius 3 is 2.79 bits per heavy atom. The Kier molecular flexibility index (Phi) is 1.80. The molecule has 1 aromatic heterocycles. The van der Waals surface area contributed by atoms with E-state index in [1.807, 2.05) is 6.92 Å². The van der Waals surface area contributed by atoms with Crippen LogP contribution in [0.4, 0.5) is 4.39 Å². The SMILES string of the molecule is CCc1ncc(F)cc1C1(C)NC1=O. The van der Waals surface area contributed by atoms with Crippen molar-refractivity contribution in [3.63, 3.8) is 0 Å². The lowest BCUT2D eigenvalue weighted by Gasteiger charge is -2.09. The molecule has 2 heterocycles. The minimum absolute atomic E-state index is 0.0698. The van der Waals surface area contributed by atoms with E-state index >= 15 is 0 Å². The fourth-order valence-electron chi connectivity index (χ4n) is 1.57. The molecular formula is C10H11FN2O. The van der Waals surface area contributed by atoms with E-state index < -0.39 is 11.4 Å². The van der Waals surface area contributed by atoms with Crippen LogP contribution in [-0.2, 0) is 16.8 Å². The van der Waals surface area contributed by atoms with Crippen LogP contribution in [0, 0.1) is 5.82 Å². The molecule has 1 aromatic rings. The van der Waals surface area contributed by atoms with Gasteiger partial charge in [0.1, 0.15) is 11.4 Å². The molecule has 14 heavy (non-hydrogen) atoms. The summed E-state index contributed by atoms with van der Waals surface area (Å²) in [4.78, 5) is 15.1. The van der Waals surface area contributed by atoms with Crippen LogP contribution in [0.3, 0.4) is 0 Å². The van der Waals surface area contributed by atoms with Crippen molar-refractivity contribution in [3.05, 3.63) is 29.3 Å². The lowest BCUT2D eigenvalue weighted by atomic mass is 9.98. The Labute approximate surface area is 81.3 Å². The summed E-state index contributed by atoms with van der Waals surface area (Å²) in [5, 5.41) is 2.68. The predicted molar refractivity (Wildman–Crippen MR) is 49.1 cm³/mol. The van der Waals surface area contributed by atoms with E-state index in [9.17, 15) is 9.18 Å². The summed E-state index contributed by atoms with van der Waals surface area (Å²) in [6, 6.07) is 1.38. The van der Waals surface area contributed by atoms with E-state index in [-0.39, 0.29) is 5.91 Å². The Morgan fingerprint density at radius 1 is 1.64 bits per heavy atom. The number of hydrogen-bond acceptors (Lipinski definition) is 2. The van der Waals surface area contributed by atoms with Crippen molar-refractivity contribution in [1.82, 2.24) is 10.3 Å². The topological polar surface area (TPSA) is 51.9 Å². The van der Waals surface area contributed by atoms with Gasteiger partial charge in [-0.05, 0) is 19.4 Å². The van der Waals surface area contributed by atoms with Crippen molar-refractivity contribution in [3.8, 4) is 0 Å². The minimum Gasteiger partial charge on any atom is -0.336 e. The van der Waals surface area contributed by atoms with Gasteiger partial charge in [-0.1, -0.05) is 6.92 Å². The van der Waals surface area contributed by atoms with E-state index in [1.54, 1.807) is 6.92 Å². The summed E-state index contributed by atoms with van der Waals surface area (Å²) in [5.41, 5.74) is 0.720. The molecule has 1 saturated heterocycles. The number of nitrogens with one attached hydrogen (secondary N) is 1. The van der Waals surface area contributed by atoms with Gasteiger partial charge in [0.15, 0.2) is 0 Å². The van der Waals surface area contributed by atoms with Gasteiger partial charge in [0.25, 0.3) is 5.91 Å². The molecule has 1 N–H and O–H groups in total. The van der Waals surface area contributed by atoms with Crippen LogP contribution in [0.25, 0.3) is 0 Å². The number of carbonyl (C=O) groups excluding carboxylic acids is 1. The van der Waals surface area contributed by atoms with Gasteiger partial charge in [-0.3, -0.25) is 9.78 Å². The molecular weight excluding hydrogens is 183 g/mol. The molecule has 0 aromatic carbocycles. The number of amides is 1. The second kappa shape index (κ2) is 2.77. The van der Waals surface area contributed by atoms with E-state index in [0.717, 1.165) is 5.69 Å². The third-order valence-electron chi connectivity index (χ3n) is 2.57. The highest BCUT2D eigenvalue weighted by Crippen LogP contribution is 2.33. The van der Waals surface area contributed by atoms with E-state index in [1.165, 1.54) is 12.3 Å². The van der Waals surface area contributed by atoms with Gasteiger partial charge in [-0.25, -0.2) is 4.39 Å². The third kappa shape index (κ3) is 1.18. The largest absolute Gasteiger partial charge is 0.336 e. The number of halogens is 1. The van der Waals surface area contributed by atoms with Crippen molar-refractivity contribution in [2.45, 2.75) is 25.8 Å². The van der Waals surface area contributed by atoms with Crippen LogP contribution >= 0.6 is 0 Å². The quantitative estimate of drug-likeness (QED) is 0.717. The van der Waals surface area contributed by atoms with Crippen LogP contribution < -0.4 is 5.32 Å². The highest BCUT2D eigenvalue weighted by molar-refractivity contribution is 6.02. The number of hydrogen-bond donors (Lipinski definition) is 1. The number of aromatic nitrogens is 1. The molecule has 0 radical (unpaired) electrons. The highest BCUT2D eigenvalue weighted by atomic mass is 19.1. The van der Waals surface area contributed by atoms with Crippen LogP contribution in [-0.4, -0.2) is 10.9 Å². The maximum absolute atomic E-state index is 13.0. The zero-order valence-electron chi connectivity index (χ0n) is 8.10. The standard InChI is InChI=1S/C10H11FN2O/c1-3-8-7(4-6(11)5-12-8)10(2)9(14)13-10/h4-5H,3H2,1-2H3,(H,13,14). The molecule has 1 unspecified atom stereocenters. The first-order chi connectivity index (χ1) is 6.58. The van der Waals surface area contributed by atoms with Gasteiger partial charge in [0.2, 0.25) is 0 Å². The Hall–Kier alpha value is -1.45. The molecule has 1 amide bonds. The zero-order valence-corrected chi connectivity index (χ0v) is 8.10. The summed E-state index contributed by atoms with van der Waals surface area (Å²) in [7, 11) is 0. The van der Waals surface area contributed by atoms with E-state index in [0.29, 0.717) is 12.0 Å². The van der Waals surface area contributed by atoms with E-state index in [2.05, 4.69) is 10.3 Å². The molecule has 3 nitrogen and oxygen atoms in total. The maximum Gasteiger partial charge on any atom is 0.251 e. The van der Waals surface area contributed by atoms with Crippen LogP contribution in [0.1, 0.15) is 25.1 Å². The lowest BCUT2D eigenvalue weighted by molar-refractivity contribution is -0.112. The maximum atomic E-state index is 13.0. The Morgan fingerprint density at radius 2 is 2.29 bits per heavy atom. The van der Waals surface area contributed by atoms with Crippen molar-refractivity contribution in [2.24, 2.45) is 0 Å². The number of carbonyl (C=O) groups is 1. The molecule has 1 aliphatic rings. The monoisotopic (exact) mass is 194 g/mol. The molecule has 1 fully saturated rings. The molecule has 74 valence electrons. The first-order valence-corrected chi connectivity index (χ1v) is 4.55. The Bertz CT molecular complexity index is 405.